The Balaban J connectivity index is 1.63. The predicted molar refractivity (Wildman–Crippen MR) is 118 cm³/mol. The summed E-state index contributed by atoms with van der Waals surface area (Å²) in [5, 5.41) is 7.75. The first-order valence-corrected chi connectivity index (χ1v) is 9.92. The largest absolute Gasteiger partial charge is 0.497 e. The van der Waals surface area contributed by atoms with Crippen molar-refractivity contribution in [3.63, 3.8) is 0 Å². The minimum Gasteiger partial charge on any atom is -0.497 e. The van der Waals surface area contributed by atoms with Crippen LogP contribution in [0.2, 0.25) is 0 Å². The number of methoxy groups -OCH3 is 2. The van der Waals surface area contributed by atoms with Gasteiger partial charge in [0.05, 0.1) is 25.6 Å². The number of pyridine rings is 1. The summed E-state index contributed by atoms with van der Waals surface area (Å²) >= 11 is 0. The molecule has 0 atom stereocenters. The van der Waals surface area contributed by atoms with Gasteiger partial charge in [-0.3, -0.25) is 0 Å². The number of aromatic nitrogens is 5. The molecule has 0 saturated heterocycles. The van der Waals surface area contributed by atoms with E-state index in [0.29, 0.717) is 28.8 Å². The summed E-state index contributed by atoms with van der Waals surface area (Å²) in [5.41, 5.74) is 3.61. The molecule has 0 aliphatic rings. The van der Waals surface area contributed by atoms with Crippen LogP contribution in [0.4, 0.5) is 0 Å². The Kier molecular flexibility index (Phi) is 5.89. The first-order valence-electron chi connectivity index (χ1n) is 9.92. The van der Waals surface area contributed by atoms with Crippen molar-refractivity contribution in [2.24, 2.45) is 7.05 Å². The molecule has 2 aromatic heterocycles. The molecule has 9 nitrogen and oxygen atoms in total. The number of hydrogen-bond donors (Lipinski definition) is 0. The van der Waals surface area contributed by atoms with Gasteiger partial charge in [-0.25, -0.2) is 9.78 Å². The molecule has 164 valence electrons. The van der Waals surface area contributed by atoms with Gasteiger partial charge in [0.1, 0.15) is 18.1 Å². The van der Waals surface area contributed by atoms with E-state index in [1.165, 1.54) is 9.36 Å². The molecule has 0 fully saturated rings. The third-order valence-electron chi connectivity index (χ3n) is 5.11. The molecule has 0 saturated carbocycles. The van der Waals surface area contributed by atoms with E-state index in [1.807, 2.05) is 55.5 Å². The van der Waals surface area contributed by atoms with Crippen LogP contribution in [-0.2, 0) is 13.7 Å². The van der Waals surface area contributed by atoms with Crippen molar-refractivity contribution < 1.29 is 14.2 Å². The molecule has 0 bridgehead atoms. The van der Waals surface area contributed by atoms with Crippen molar-refractivity contribution in [3.8, 4) is 34.3 Å². The van der Waals surface area contributed by atoms with Gasteiger partial charge in [-0.05, 0) is 47.2 Å². The van der Waals surface area contributed by atoms with Crippen LogP contribution in [0.3, 0.4) is 0 Å². The number of ether oxygens (including phenoxy) is 3. The zero-order chi connectivity index (χ0) is 22.7. The molecule has 0 amide bonds. The smallest absolute Gasteiger partial charge is 0.368 e. The molecule has 2 aromatic carbocycles. The van der Waals surface area contributed by atoms with E-state index in [2.05, 4.69) is 15.4 Å². The zero-order valence-corrected chi connectivity index (χ0v) is 18.3. The molecular weight excluding hydrogens is 410 g/mol. The molecule has 2 heterocycles. The second kappa shape index (κ2) is 8.93. The van der Waals surface area contributed by atoms with Crippen LogP contribution in [0.5, 0.6) is 17.4 Å². The fraction of sp³-hybridized carbons (Fsp3) is 0.217. The van der Waals surface area contributed by atoms with E-state index in [4.69, 9.17) is 14.2 Å². The van der Waals surface area contributed by atoms with E-state index in [0.717, 1.165) is 16.7 Å². The van der Waals surface area contributed by atoms with Crippen molar-refractivity contribution in [1.29, 1.82) is 0 Å². The van der Waals surface area contributed by atoms with Crippen LogP contribution in [-0.4, -0.2) is 39.0 Å². The molecule has 4 aromatic rings. The third kappa shape index (κ3) is 4.04. The Morgan fingerprint density at radius 1 is 0.969 bits per heavy atom. The SMILES string of the molecule is COc1ccc(-c2cccc(OCc3c(C)cccc3-n3nnn(C)c3=O)n2)c(OC)c1. The Labute approximate surface area is 184 Å². The lowest BCUT2D eigenvalue weighted by molar-refractivity contribution is 0.293. The molecule has 0 spiro atoms. The minimum absolute atomic E-state index is 0.210. The summed E-state index contributed by atoms with van der Waals surface area (Å²) in [4.78, 5) is 17.0. The van der Waals surface area contributed by atoms with Crippen LogP contribution in [0.15, 0.2) is 59.4 Å². The molecule has 0 radical (unpaired) electrons. The van der Waals surface area contributed by atoms with Gasteiger partial charge >= 0.3 is 5.69 Å². The molecule has 0 N–H and O–H groups in total. The van der Waals surface area contributed by atoms with Crippen LogP contribution < -0.4 is 19.9 Å². The highest BCUT2D eigenvalue weighted by molar-refractivity contribution is 5.68. The topological polar surface area (TPSA) is 93.3 Å². The predicted octanol–water partition coefficient (Wildman–Crippen LogP) is 2.93. The van der Waals surface area contributed by atoms with Crippen molar-refractivity contribution in [2.45, 2.75) is 13.5 Å². The van der Waals surface area contributed by atoms with Crippen LogP contribution in [0.25, 0.3) is 16.9 Å². The van der Waals surface area contributed by atoms with Crippen LogP contribution in [0.1, 0.15) is 11.1 Å². The third-order valence-corrected chi connectivity index (χ3v) is 5.11. The molecular formula is C23H23N5O4. The van der Waals surface area contributed by atoms with Gasteiger partial charge in [-0.1, -0.05) is 18.2 Å². The van der Waals surface area contributed by atoms with Crippen molar-refractivity contribution in [1.82, 2.24) is 24.8 Å². The Hall–Kier alpha value is -4.14. The van der Waals surface area contributed by atoms with Gasteiger partial charge in [0.25, 0.3) is 0 Å². The second-order valence-electron chi connectivity index (χ2n) is 7.09. The van der Waals surface area contributed by atoms with E-state index < -0.39 is 0 Å². The van der Waals surface area contributed by atoms with Gasteiger partial charge in [0.2, 0.25) is 5.88 Å². The van der Waals surface area contributed by atoms with E-state index in [9.17, 15) is 4.79 Å². The highest BCUT2D eigenvalue weighted by Crippen LogP contribution is 2.33. The number of benzene rings is 2. The summed E-state index contributed by atoms with van der Waals surface area (Å²) in [7, 11) is 4.77. The van der Waals surface area contributed by atoms with Crippen molar-refractivity contribution in [3.05, 3.63) is 76.2 Å². The summed E-state index contributed by atoms with van der Waals surface area (Å²) in [6.07, 6.45) is 0. The maximum Gasteiger partial charge on any atom is 0.368 e. The van der Waals surface area contributed by atoms with Gasteiger partial charge in [-0.15, -0.1) is 0 Å². The zero-order valence-electron chi connectivity index (χ0n) is 18.3. The lowest BCUT2D eigenvalue weighted by atomic mass is 10.1. The minimum atomic E-state index is -0.330. The maximum atomic E-state index is 12.3. The summed E-state index contributed by atoms with van der Waals surface area (Å²) < 4.78 is 19.2. The number of rotatable bonds is 7. The highest BCUT2D eigenvalue weighted by Gasteiger charge is 2.15. The maximum absolute atomic E-state index is 12.3. The number of nitrogens with zero attached hydrogens (tertiary/aromatic N) is 5. The Bertz CT molecular complexity index is 1310. The molecule has 0 aliphatic heterocycles. The fourth-order valence-corrected chi connectivity index (χ4v) is 3.34. The summed E-state index contributed by atoms with van der Waals surface area (Å²) in [6.45, 7) is 2.16. The standard InChI is InChI=1S/C23H23N5O4/c1-15-7-5-9-20(28-23(29)27(2)25-26-28)18(15)14-32-22-10-6-8-19(24-22)17-12-11-16(30-3)13-21(17)31-4/h5-13H,14H2,1-4H3. The second-order valence-corrected chi connectivity index (χ2v) is 7.09. The molecule has 32 heavy (non-hydrogen) atoms. The van der Waals surface area contributed by atoms with E-state index in [1.54, 1.807) is 27.3 Å². The van der Waals surface area contributed by atoms with E-state index >= 15 is 0 Å². The van der Waals surface area contributed by atoms with Crippen LogP contribution >= 0.6 is 0 Å². The number of hydrogen-bond acceptors (Lipinski definition) is 7. The number of aryl methyl sites for hydroxylation is 2. The van der Waals surface area contributed by atoms with Crippen LogP contribution in [0, 0.1) is 6.92 Å². The molecule has 0 aliphatic carbocycles. The molecule has 0 unspecified atom stereocenters. The average molecular weight is 433 g/mol. The van der Waals surface area contributed by atoms with Gasteiger partial charge < -0.3 is 14.2 Å². The summed E-state index contributed by atoms with van der Waals surface area (Å²) in [6, 6.07) is 16.7. The van der Waals surface area contributed by atoms with Gasteiger partial charge in [-0.2, -0.15) is 9.36 Å². The lowest BCUT2D eigenvalue weighted by Crippen LogP contribution is -2.23. The molecule has 4 rings (SSSR count). The monoisotopic (exact) mass is 433 g/mol. The highest BCUT2D eigenvalue weighted by atomic mass is 16.5. The van der Waals surface area contributed by atoms with Gasteiger partial charge in [0.15, 0.2) is 0 Å². The van der Waals surface area contributed by atoms with Crippen molar-refractivity contribution >= 4 is 0 Å². The Morgan fingerprint density at radius 2 is 1.78 bits per heavy atom. The molecule has 9 heteroatoms. The first-order chi connectivity index (χ1) is 15.5. The number of tetrazole rings is 1. The van der Waals surface area contributed by atoms with Crippen molar-refractivity contribution in [2.75, 3.05) is 14.2 Å². The lowest BCUT2D eigenvalue weighted by Gasteiger charge is -2.14. The fourth-order valence-electron chi connectivity index (χ4n) is 3.34. The Morgan fingerprint density at radius 3 is 2.50 bits per heavy atom. The first kappa shape index (κ1) is 21.1. The van der Waals surface area contributed by atoms with Gasteiger partial charge in [0, 0.05) is 30.3 Å². The summed E-state index contributed by atoms with van der Waals surface area (Å²) in [5.74, 6) is 1.79. The quantitative estimate of drug-likeness (QED) is 0.442. The van der Waals surface area contributed by atoms with E-state index in [-0.39, 0.29) is 12.3 Å². The normalized spacial score (nSPS) is 10.8. The average Bonchev–Trinajstić information content (AvgIpc) is 3.15.